The molecule has 0 aliphatic carbocycles. The Morgan fingerprint density at radius 2 is 1.79 bits per heavy atom. The van der Waals surface area contributed by atoms with E-state index in [2.05, 4.69) is 61.6 Å². The highest BCUT2D eigenvalue weighted by molar-refractivity contribution is 5.44. The summed E-state index contributed by atoms with van der Waals surface area (Å²) in [5.41, 5.74) is 2.89. The van der Waals surface area contributed by atoms with E-state index in [9.17, 15) is 0 Å². The molecule has 1 N–H and O–H groups in total. The van der Waals surface area contributed by atoms with Crippen molar-refractivity contribution in [1.29, 1.82) is 0 Å². The van der Waals surface area contributed by atoms with Crippen molar-refractivity contribution < 1.29 is 14.2 Å². The highest BCUT2D eigenvalue weighted by Crippen LogP contribution is 2.43. The van der Waals surface area contributed by atoms with Crippen LogP contribution in [-0.4, -0.2) is 25.5 Å². The van der Waals surface area contributed by atoms with Crippen LogP contribution in [0.25, 0.3) is 0 Å². The van der Waals surface area contributed by atoms with Crippen molar-refractivity contribution in [3.05, 3.63) is 59.7 Å². The lowest BCUT2D eigenvalue weighted by molar-refractivity contribution is -0.107. The first-order chi connectivity index (χ1) is 13.5. The number of ether oxygens (including phenoxy) is 3. The van der Waals surface area contributed by atoms with Gasteiger partial charge in [-0.05, 0) is 74.8 Å². The Kier molecular flexibility index (Phi) is 5.61. The number of nitrogens with one attached hydrogen (secondary N) is 1. The molecule has 0 radical (unpaired) electrons. The van der Waals surface area contributed by atoms with Crippen LogP contribution in [0.3, 0.4) is 0 Å². The summed E-state index contributed by atoms with van der Waals surface area (Å²) in [4.78, 5) is 0. The second-order valence-corrected chi connectivity index (χ2v) is 8.81. The van der Waals surface area contributed by atoms with Crippen LogP contribution in [-0.2, 0) is 17.7 Å². The summed E-state index contributed by atoms with van der Waals surface area (Å²) in [6.07, 6.45) is 4.49. The molecule has 0 spiro atoms. The second-order valence-electron chi connectivity index (χ2n) is 8.81. The molecular weight excluding hydrogens is 350 g/mol. The summed E-state index contributed by atoms with van der Waals surface area (Å²) in [6, 6.07) is 17.1. The fourth-order valence-electron chi connectivity index (χ4n) is 4.71. The predicted molar refractivity (Wildman–Crippen MR) is 111 cm³/mol. The van der Waals surface area contributed by atoms with Gasteiger partial charge in [0.2, 0.25) is 6.79 Å². The van der Waals surface area contributed by atoms with Crippen molar-refractivity contribution in [3.63, 3.8) is 0 Å². The molecule has 0 saturated carbocycles. The first-order valence-corrected chi connectivity index (χ1v) is 10.3. The van der Waals surface area contributed by atoms with Gasteiger partial charge in [-0.25, -0.2) is 0 Å². The van der Waals surface area contributed by atoms with E-state index in [1.165, 1.54) is 11.1 Å². The van der Waals surface area contributed by atoms with Crippen LogP contribution in [0, 0.1) is 5.41 Å². The first kappa shape index (κ1) is 19.3. The fourth-order valence-corrected chi connectivity index (χ4v) is 4.71. The molecule has 4 nitrogen and oxygen atoms in total. The minimum atomic E-state index is -0.0512. The van der Waals surface area contributed by atoms with Gasteiger partial charge in [-0.2, -0.15) is 0 Å². The van der Waals surface area contributed by atoms with E-state index < -0.39 is 0 Å². The Balaban J connectivity index is 1.37. The maximum atomic E-state index is 6.03. The first-order valence-electron chi connectivity index (χ1n) is 10.3. The number of rotatable bonds is 7. The third-order valence-corrected chi connectivity index (χ3v) is 5.95. The summed E-state index contributed by atoms with van der Waals surface area (Å²) in [5, 5.41) is 3.64. The van der Waals surface area contributed by atoms with Gasteiger partial charge in [0.05, 0.1) is 5.60 Å². The number of hydrogen-bond acceptors (Lipinski definition) is 4. The maximum absolute atomic E-state index is 6.03. The number of hydrogen-bond donors (Lipinski definition) is 1. The van der Waals surface area contributed by atoms with Crippen molar-refractivity contribution in [2.75, 3.05) is 19.9 Å². The summed E-state index contributed by atoms with van der Waals surface area (Å²) in [5.74, 6) is 1.70. The average Bonchev–Trinajstić information content (AvgIpc) is 3.13. The lowest BCUT2D eigenvalue weighted by atomic mass is 9.68. The third kappa shape index (κ3) is 4.68. The SMILES string of the molecule is CC1(C)C[C@@](CCNCc2ccc3c(c2)OCO3)(Cc2ccccc2)CCO1. The van der Waals surface area contributed by atoms with Crippen LogP contribution in [0.2, 0.25) is 0 Å². The lowest BCUT2D eigenvalue weighted by Crippen LogP contribution is -2.43. The molecule has 1 saturated heterocycles. The molecule has 28 heavy (non-hydrogen) atoms. The normalized spacial score (nSPS) is 22.9. The van der Waals surface area contributed by atoms with Gasteiger partial charge in [0, 0.05) is 13.2 Å². The zero-order valence-electron chi connectivity index (χ0n) is 17.0. The zero-order chi connectivity index (χ0) is 19.5. The summed E-state index contributed by atoms with van der Waals surface area (Å²) in [6.45, 7) is 7.47. The van der Waals surface area contributed by atoms with E-state index in [1.54, 1.807) is 0 Å². The van der Waals surface area contributed by atoms with Gasteiger partial charge in [0.1, 0.15) is 0 Å². The fraction of sp³-hybridized carbons (Fsp3) is 0.500. The quantitative estimate of drug-likeness (QED) is 0.705. The molecule has 1 fully saturated rings. The lowest BCUT2D eigenvalue weighted by Gasteiger charge is -2.45. The molecule has 4 heteroatoms. The molecule has 2 aliphatic rings. The minimum Gasteiger partial charge on any atom is -0.454 e. The third-order valence-electron chi connectivity index (χ3n) is 5.95. The Morgan fingerprint density at radius 3 is 2.61 bits per heavy atom. The van der Waals surface area contributed by atoms with Crippen molar-refractivity contribution in [2.24, 2.45) is 5.41 Å². The van der Waals surface area contributed by atoms with E-state index >= 15 is 0 Å². The number of benzene rings is 2. The van der Waals surface area contributed by atoms with Crippen molar-refractivity contribution in [2.45, 2.75) is 51.7 Å². The Labute approximate surface area is 168 Å². The van der Waals surface area contributed by atoms with Crippen molar-refractivity contribution in [1.82, 2.24) is 5.32 Å². The Morgan fingerprint density at radius 1 is 0.964 bits per heavy atom. The highest BCUT2D eigenvalue weighted by atomic mass is 16.7. The maximum Gasteiger partial charge on any atom is 0.231 e. The van der Waals surface area contributed by atoms with Gasteiger partial charge in [0.25, 0.3) is 0 Å². The molecular formula is C24H31NO3. The molecule has 150 valence electrons. The van der Waals surface area contributed by atoms with Crippen LogP contribution in [0.1, 0.15) is 44.2 Å². The van der Waals surface area contributed by atoms with Crippen molar-refractivity contribution in [3.8, 4) is 11.5 Å². The van der Waals surface area contributed by atoms with Crippen LogP contribution >= 0.6 is 0 Å². The molecule has 0 bridgehead atoms. The van der Waals surface area contributed by atoms with Crippen LogP contribution in [0.15, 0.2) is 48.5 Å². The number of fused-ring (bicyclic) bond motifs is 1. The topological polar surface area (TPSA) is 39.7 Å². The van der Waals surface area contributed by atoms with Gasteiger partial charge < -0.3 is 19.5 Å². The molecule has 2 aromatic rings. The van der Waals surface area contributed by atoms with Gasteiger partial charge in [-0.1, -0.05) is 36.4 Å². The van der Waals surface area contributed by atoms with Gasteiger partial charge in [-0.3, -0.25) is 0 Å². The van der Waals surface area contributed by atoms with Crippen LogP contribution in [0.5, 0.6) is 11.5 Å². The monoisotopic (exact) mass is 381 g/mol. The summed E-state index contributed by atoms with van der Waals surface area (Å²) in [7, 11) is 0. The average molecular weight is 382 g/mol. The largest absolute Gasteiger partial charge is 0.454 e. The predicted octanol–water partition coefficient (Wildman–Crippen LogP) is 4.71. The van der Waals surface area contributed by atoms with Gasteiger partial charge >= 0.3 is 0 Å². The molecule has 0 unspecified atom stereocenters. The van der Waals surface area contributed by atoms with Crippen molar-refractivity contribution >= 4 is 0 Å². The molecule has 2 aliphatic heterocycles. The Hall–Kier alpha value is -2.04. The zero-order valence-corrected chi connectivity index (χ0v) is 17.0. The van der Waals surface area contributed by atoms with E-state index in [-0.39, 0.29) is 11.0 Å². The van der Waals surface area contributed by atoms with Crippen LogP contribution in [0.4, 0.5) is 0 Å². The van der Waals surface area contributed by atoms with Gasteiger partial charge in [-0.15, -0.1) is 0 Å². The van der Waals surface area contributed by atoms with E-state index in [4.69, 9.17) is 14.2 Å². The van der Waals surface area contributed by atoms with E-state index in [1.807, 2.05) is 6.07 Å². The Bertz CT molecular complexity index is 790. The standard InChI is InChI=1S/C24H31NO3/c1-23(2)17-24(11-13-28-23,15-19-6-4-3-5-7-19)10-12-25-16-20-8-9-21-22(14-20)27-18-26-21/h3-9,14,25H,10-13,15-18H2,1-2H3/t24-/m1/s1. The van der Waals surface area contributed by atoms with Crippen LogP contribution < -0.4 is 14.8 Å². The minimum absolute atomic E-state index is 0.0512. The highest BCUT2D eigenvalue weighted by Gasteiger charge is 2.40. The summed E-state index contributed by atoms with van der Waals surface area (Å²) < 4.78 is 16.9. The molecule has 2 aromatic carbocycles. The van der Waals surface area contributed by atoms with E-state index in [0.29, 0.717) is 6.79 Å². The smallest absolute Gasteiger partial charge is 0.231 e. The molecule has 1 atom stereocenters. The van der Waals surface area contributed by atoms with Gasteiger partial charge in [0.15, 0.2) is 11.5 Å². The molecule has 0 aromatic heterocycles. The summed E-state index contributed by atoms with van der Waals surface area (Å²) >= 11 is 0. The molecule has 2 heterocycles. The van der Waals surface area contributed by atoms with E-state index in [0.717, 1.165) is 56.9 Å². The molecule has 0 amide bonds. The second kappa shape index (κ2) is 8.14. The molecule has 4 rings (SSSR count).